The number of hydrogen-bond donors (Lipinski definition) is 1. The van der Waals surface area contributed by atoms with Crippen LogP contribution in [0.3, 0.4) is 0 Å². The molecule has 3 fully saturated rings. The zero-order valence-electron chi connectivity index (χ0n) is 15.7. The van der Waals surface area contributed by atoms with Crippen LogP contribution in [0.25, 0.3) is 10.8 Å². The molecule has 7 heteroatoms. The van der Waals surface area contributed by atoms with E-state index in [0.717, 1.165) is 23.9 Å². The van der Waals surface area contributed by atoms with Crippen molar-refractivity contribution in [2.45, 2.75) is 18.4 Å². The number of methoxy groups -OCH3 is 2. The fraction of sp³-hybridized carbons (Fsp3) is 0.500. The molecule has 3 saturated heterocycles. The van der Waals surface area contributed by atoms with Gasteiger partial charge in [-0.25, -0.2) is 9.98 Å². The van der Waals surface area contributed by atoms with Crippen molar-refractivity contribution < 1.29 is 14.2 Å². The first kappa shape index (κ1) is 16.6. The molecule has 0 saturated carbocycles. The van der Waals surface area contributed by atoms with Crippen molar-refractivity contribution >= 4 is 22.6 Å². The molecule has 0 amide bonds. The molecule has 1 spiro atoms. The van der Waals surface area contributed by atoms with Crippen molar-refractivity contribution in [1.82, 2.24) is 9.88 Å². The van der Waals surface area contributed by atoms with E-state index in [1.807, 2.05) is 24.4 Å². The van der Waals surface area contributed by atoms with E-state index in [-0.39, 0.29) is 5.60 Å². The van der Waals surface area contributed by atoms with E-state index in [1.165, 1.54) is 25.9 Å². The monoisotopic (exact) mass is 368 g/mol. The van der Waals surface area contributed by atoms with Crippen molar-refractivity contribution in [2.75, 3.05) is 45.7 Å². The summed E-state index contributed by atoms with van der Waals surface area (Å²) in [4.78, 5) is 11.6. The summed E-state index contributed by atoms with van der Waals surface area (Å²) in [6.45, 7) is 4.09. The lowest BCUT2D eigenvalue weighted by molar-refractivity contribution is -0.0829. The molecule has 2 aromatic rings. The Balaban J connectivity index is 1.36. The van der Waals surface area contributed by atoms with Gasteiger partial charge in [-0.05, 0) is 49.5 Å². The maximum atomic E-state index is 6.33. The molecule has 1 atom stereocenters. The molecule has 142 valence electrons. The number of nitrogens with one attached hydrogen (secondary N) is 1. The molecule has 6 rings (SSSR count). The molecule has 0 aliphatic carbocycles. The zero-order valence-corrected chi connectivity index (χ0v) is 15.7. The number of piperidine rings is 3. The standard InChI is InChI=1S/C20H24N4O3/c1-25-16-7-13-9-18(21-10-14(13)8-17(16)26-2)23-19-22-11-20(27-19)12-24-5-3-15(20)4-6-24/h7-10,15H,3-6,11-12H2,1-2H3,(H,21,22,23). The largest absolute Gasteiger partial charge is 0.493 e. The maximum Gasteiger partial charge on any atom is 0.291 e. The van der Waals surface area contributed by atoms with Crippen LogP contribution in [0.4, 0.5) is 5.82 Å². The number of pyridine rings is 1. The Labute approximate surface area is 158 Å². The summed E-state index contributed by atoms with van der Waals surface area (Å²) in [5.74, 6) is 2.71. The van der Waals surface area contributed by atoms with Crippen molar-refractivity contribution in [3.05, 3.63) is 24.4 Å². The summed E-state index contributed by atoms with van der Waals surface area (Å²) >= 11 is 0. The van der Waals surface area contributed by atoms with Gasteiger partial charge in [0, 0.05) is 24.0 Å². The Kier molecular flexibility index (Phi) is 3.86. The highest BCUT2D eigenvalue weighted by Crippen LogP contribution is 2.41. The normalized spacial score (nSPS) is 28.9. The molecular formula is C20H24N4O3. The third kappa shape index (κ3) is 2.77. The Hall–Kier alpha value is -2.54. The van der Waals surface area contributed by atoms with Gasteiger partial charge in [-0.15, -0.1) is 0 Å². The number of hydrogen-bond acceptors (Lipinski definition) is 7. The fourth-order valence-electron chi connectivity index (χ4n) is 4.60. The summed E-state index contributed by atoms with van der Waals surface area (Å²) < 4.78 is 17.1. The van der Waals surface area contributed by atoms with Crippen LogP contribution < -0.4 is 14.8 Å². The maximum absolute atomic E-state index is 6.33. The average Bonchev–Trinajstić information content (AvgIpc) is 3.09. The van der Waals surface area contributed by atoms with Gasteiger partial charge < -0.3 is 14.2 Å². The number of fused-ring (bicyclic) bond motifs is 3. The molecule has 27 heavy (non-hydrogen) atoms. The topological polar surface area (TPSA) is 68.2 Å². The van der Waals surface area contributed by atoms with Crippen LogP contribution in [-0.4, -0.2) is 61.9 Å². The van der Waals surface area contributed by atoms with E-state index in [1.54, 1.807) is 14.2 Å². The molecule has 4 aliphatic heterocycles. The molecule has 0 radical (unpaired) electrons. The highest BCUT2D eigenvalue weighted by atomic mass is 16.5. The number of rotatable bonds is 3. The molecule has 4 aliphatic rings. The van der Waals surface area contributed by atoms with Crippen LogP contribution in [0.15, 0.2) is 29.4 Å². The Morgan fingerprint density at radius 1 is 1.11 bits per heavy atom. The van der Waals surface area contributed by atoms with E-state index < -0.39 is 0 Å². The van der Waals surface area contributed by atoms with Crippen LogP contribution in [0.2, 0.25) is 0 Å². The lowest BCUT2D eigenvalue weighted by Crippen LogP contribution is -2.61. The quantitative estimate of drug-likeness (QED) is 0.898. The highest BCUT2D eigenvalue weighted by molar-refractivity contribution is 5.93. The molecule has 5 heterocycles. The predicted octanol–water partition coefficient (Wildman–Crippen LogP) is 2.51. The van der Waals surface area contributed by atoms with Gasteiger partial charge in [0.05, 0.1) is 20.8 Å². The van der Waals surface area contributed by atoms with Crippen LogP contribution in [-0.2, 0) is 4.74 Å². The highest BCUT2D eigenvalue weighted by Gasteiger charge is 2.51. The first-order valence-corrected chi connectivity index (χ1v) is 9.44. The van der Waals surface area contributed by atoms with E-state index in [0.29, 0.717) is 29.3 Å². The molecule has 1 aromatic carbocycles. The van der Waals surface area contributed by atoms with Crippen LogP contribution in [0.1, 0.15) is 12.8 Å². The third-order valence-corrected chi connectivity index (χ3v) is 6.07. The van der Waals surface area contributed by atoms with E-state index in [4.69, 9.17) is 14.2 Å². The second-order valence-corrected chi connectivity index (χ2v) is 7.59. The van der Waals surface area contributed by atoms with E-state index in [2.05, 4.69) is 20.2 Å². The zero-order chi connectivity index (χ0) is 18.4. The van der Waals surface area contributed by atoms with Gasteiger partial charge in [0.25, 0.3) is 6.02 Å². The van der Waals surface area contributed by atoms with Crippen molar-refractivity contribution in [3.8, 4) is 11.5 Å². The Morgan fingerprint density at radius 2 is 1.85 bits per heavy atom. The Bertz CT molecular complexity index is 907. The van der Waals surface area contributed by atoms with Gasteiger partial charge in [0.15, 0.2) is 11.5 Å². The number of aliphatic imine (C=N–C) groups is 1. The second-order valence-electron chi connectivity index (χ2n) is 7.59. The van der Waals surface area contributed by atoms with Crippen molar-refractivity contribution in [2.24, 2.45) is 10.9 Å². The summed E-state index contributed by atoms with van der Waals surface area (Å²) in [5, 5.41) is 5.26. The van der Waals surface area contributed by atoms with E-state index >= 15 is 0 Å². The van der Waals surface area contributed by atoms with Gasteiger partial charge in [-0.2, -0.15) is 0 Å². The van der Waals surface area contributed by atoms with Crippen molar-refractivity contribution in [1.29, 1.82) is 0 Å². The van der Waals surface area contributed by atoms with Gasteiger partial charge in [-0.3, -0.25) is 10.2 Å². The van der Waals surface area contributed by atoms with Gasteiger partial charge >= 0.3 is 0 Å². The minimum Gasteiger partial charge on any atom is -0.493 e. The van der Waals surface area contributed by atoms with Crippen molar-refractivity contribution in [3.63, 3.8) is 0 Å². The second kappa shape index (κ2) is 6.27. The molecule has 2 bridgehead atoms. The van der Waals surface area contributed by atoms with Gasteiger partial charge in [0.2, 0.25) is 0 Å². The average molecular weight is 368 g/mol. The molecule has 1 aromatic heterocycles. The number of amidine groups is 1. The Morgan fingerprint density at radius 3 is 2.52 bits per heavy atom. The SMILES string of the molecule is COc1cc2cnc(NC3=NCC4(CN5CCC4CC5)O3)cc2cc1OC. The van der Waals surface area contributed by atoms with E-state index in [9.17, 15) is 0 Å². The fourth-order valence-corrected chi connectivity index (χ4v) is 4.60. The molecule has 1 N–H and O–H groups in total. The lowest BCUT2D eigenvalue weighted by atomic mass is 9.75. The molecule has 7 nitrogen and oxygen atoms in total. The first-order chi connectivity index (χ1) is 13.2. The predicted molar refractivity (Wildman–Crippen MR) is 104 cm³/mol. The number of aromatic nitrogens is 1. The summed E-state index contributed by atoms with van der Waals surface area (Å²) in [6, 6.07) is 6.44. The third-order valence-electron chi connectivity index (χ3n) is 6.07. The summed E-state index contributed by atoms with van der Waals surface area (Å²) in [5.41, 5.74) is -0.147. The first-order valence-electron chi connectivity index (χ1n) is 9.44. The minimum absolute atomic E-state index is 0.147. The number of benzene rings is 1. The van der Waals surface area contributed by atoms with Gasteiger partial charge in [-0.1, -0.05) is 0 Å². The van der Waals surface area contributed by atoms with Gasteiger partial charge in [0.1, 0.15) is 11.4 Å². The number of anilines is 1. The lowest BCUT2D eigenvalue weighted by Gasteiger charge is -2.50. The minimum atomic E-state index is -0.147. The number of nitrogens with zero attached hydrogens (tertiary/aromatic N) is 3. The summed E-state index contributed by atoms with van der Waals surface area (Å²) in [6.07, 6.45) is 4.23. The smallest absolute Gasteiger partial charge is 0.291 e. The van der Waals surface area contributed by atoms with Crippen LogP contribution in [0, 0.1) is 5.92 Å². The van der Waals surface area contributed by atoms with Crippen LogP contribution in [0.5, 0.6) is 11.5 Å². The molecule has 1 unspecified atom stereocenters. The van der Waals surface area contributed by atoms with Crippen LogP contribution >= 0.6 is 0 Å². The number of ether oxygens (including phenoxy) is 3. The summed E-state index contributed by atoms with van der Waals surface area (Å²) in [7, 11) is 3.27. The molecular weight excluding hydrogens is 344 g/mol.